The average Bonchev–Trinajstić information content (AvgIpc) is 3.33. The molecule has 4 aromatic rings. The molecular weight excluding hydrogens is 400 g/mol. The van der Waals surface area contributed by atoms with Gasteiger partial charge in [-0.1, -0.05) is 24.3 Å². The van der Waals surface area contributed by atoms with E-state index in [0.717, 1.165) is 49.2 Å². The highest BCUT2D eigenvalue weighted by atomic mass is 16.4. The largest absolute Gasteiger partial charge is 0.417 e. The Labute approximate surface area is 186 Å². The number of nitrogens with two attached hydrogens (primary N) is 1. The van der Waals surface area contributed by atoms with Crippen molar-refractivity contribution in [3.05, 3.63) is 65.1 Å². The van der Waals surface area contributed by atoms with Gasteiger partial charge in [-0.2, -0.15) is 4.98 Å². The summed E-state index contributed by atoms with van der Waals surface area (Å²) in [6.45, 7) is 5.76. The Morgan fingerprint density at radius 3 is 2.66 bits per heavy atom. The van der Waals surface area contributed by atoms with Crippen LogP contribution in [0.4, 0.5) is 5.95 Å². The Hall–Kier alpha value is -3.32. The molecule has 162 valence electrons. The van der Waals surface area contributed by atoms with Gasteiger partial charge in [-0.25, -0.2) is 9.97 Å². The van der Waals surface area contributed by atoms with Gasteiger partial charge >= 0.3 is 0 Å². The molecule has 0 bridgehead atoms. The Bertz CT molecular complexity index is 1300. The van der Waals surface area contributed by atoms with Crippen molar-refractivity contribution in [2.75, 3.05) is 18.0 Å². The lowest BCUT2D eigenvalue weighted by Gasteiger charge is -2.42. The summed E-state index contributed by atoms with van der Waals surface area (Å²) >= 11 is 0. The predicted molar refractivity (Wildman–Crippen MR) is 123 cm³/mol. The number of nitrogens with zero attached hydrogens (tertiary/aromatic N) is 5. The number of anilines is 1. The van der Waals surface area contributed by atoms with Crippen molar-refractivity contribution >= 4 is 17.2 Å². The van der Waals surface area contributed by atoms with Crippen LogP contribution in [-0.4, -0.2) is 33.0 Å². The minimum absolute atomic E-state index is 0.104. The summed E-state index contributed by atoms with van der Waals surface area (Å²) in [5, 5.41) is 0. The molecular formula is C25H26N6O. The van der Waals surface area contributed by atoms with Gasteiger partial charge in [0.05, 0.1) is 17.5 Å². The monoisotopic (exact) mass is 426 g/mol. The van der Waals surface area contributed by atoms with Gasteiger partial charge in [0.2, 0.25) is 11.8 Å². The fourth-order valence-corrected chi connectivity index (χ4v) is 5.46. The van der Waals surface area contributed by atoms with Crippen molar-refractivity contribution in [2.45, 2.75) is 39.2 Å². The fraction of sp³-hybridized carbons (Fsp3) is 0.360. The molecule has 1 aromatic carbocycles. The van der Waals surface area contributed by atoms with Crippen LogP contribution in [0, 0.1) is 19.3 Å². The lowest BCUT2D eigenvalue weighted by atomic mass is 9.73. The molecule has 0 saturated carbocycles. The molecule has 1 spiro atoms. The maximum absolute atomic E-state index is 6.72. The lowest BCUT2D eigenvalue weighted by Crippen LogP contribution is -2.44. The third-order valence-electron chi connectivity index (χ3n) is 7.34. The minimum atomic E-state index is 0.104. The second kappa shape index (κ2) is 7.10. The molecule has 0 radical (unpaired) electrons. The number of piperidine rings is 1. The smallest absolute Gasteiger partial charge is 0.252 e. The molecule has 0 amide bonds. The van der Waals surface area contributed by atoms with E-state index < -0.39 is 0 Å². The zero-order valence-corrected chi connectivity index (χ0v) is 18.4. The third-order valence-corrected chi connectivity index (χ3v) is 7.34. The fourth-order valence-electron chi connectivity index (χ4n) is 5.46. The number of aromatic nitrogens is 4. The first-order valence-electron chi connectivity index (χ1n) is 11.2. The second-order valence-electron chi connectivity index (χ2n) is 9.17. The SMILES string of the molecule is Cc1ccnc(C)c1-c1nc2cnc(N3CCC4(CC3)Cc3ccccc3[C@H]4N)nc2o1. The van der Waals surface area contributed by atoms with E-state index >= 15 is 0 Å². The van der Waals surface area contributed by atoms with Crippen molar-refractivity contribution in [1.82, 2.24) is 19.9 Å². The lowest BCUT2D eigenvalue weighted by molar-refractivity contribution is 0.187. The van der Waals surface area contributed by atoms with Gasteiger partial charge in [-0.05, 0) is 61.3 Å². The van der Waals surface area contributed by atoms with Crippen LogP contribution >= 0.6 is 0 Å². The van der Waals surface area contributed by atoms with E-state index in [2.05, 4.69) is 44.1 Å². The maximum atomic E-state index is 6.72. The first kappa shape index (κ1) is 19.4. The third kappa shape index (κ3) is 2.92. The van der Waals surface area contributed by atoms with Crippen LogP contribution in [0.25, 0.3) is 22.7 Å². The quantitative estimate of drug-likeness (QED) is 0.515. The van der Waals surface area contributed by atoms with Crippen molar-refractivity contribution in [3.63, 3.8) is 0 Å². The standard InChI is InChI=1S/C25H26N6O/c1-15-7-10-27-16(2)20(15)23-29-19-14-28-24(30-22(19)32-23)31-11-8-25(9-12-31)13-17-5-3-4-6-18(17)21(25)26/h3-7,10,14,21H,8-9,11-13,26H2,1-2H3/t21-/m1/s1. The van der Waals surface area contributed by atoms with Gasteiger partial charge in [-0.3, -0.25) is 4.98 Å². The summed E-state index contributed by atoms with van der Waals surface area (Å²) in [6.07, 6.45) is 6.67. The molecule has 4 heterocycles. The molecule has 1 saturated heterocycles. The van der Waals surface area contributed by atoms with E-state index in [4.69, 9.17) is 15.1 Å². The van der Waals surface area contributed by atoms with E-state index in [9.17, 15) is 0 Å². The Balaban J connectivity index is 1.25. The molecule has 32 heavy (non-hydrogen) atoms. The molecule has 1 atom stereocenters. The van der Waals surface area contributed by atoms with Crippen LogP contribution in [-0.2, 0) is 6.42 Å². The summed E-state index contributed by atoms with van der Waals surface area (Å²) in [4.78, 5) is 20.5. The van der Waals surface area contributed by atoms with E-state index in [0.29, 0.717) is 23.1 Å². The van der Waals surface area contributed by atoms with Crippen LogP contribution in [0.5, 0.6) is 0 Å². The zero-order valence-electron chi connectivity index (χ0n) is 18.4. The summed E-state index contributed by atoms with van der Waals surface area (Å²) in [6, 6.07) is 10.7. The van der Waals surface area contributed by atoms with Gasteiger partial charge in [0.1, 0.15) is 5.52 Å². The summed E-state index contributed by atoms with van der Waals surface area (Å²) in [5.41, 5.74) is 13.6. The average molecular weight is 427 g/mol. The number of aryl methyl sites for hydroxylation is 2. The van der Waals surface area contributed by atoms with E-state index in [1.165, 1.54) is 11.1 Å². The van der Waals surface area contributed by atoms with Crippen molar-refractivity contribution in [1.29, 1.82) is 0 Å². The van der Waals surface area contributed by atoms with Gasteiger partial charge in [0.15, 0.2) is 0 Å². The normalized spacial score (nSPS) is 19.6. The Kier molecular flexibility index (Phi) is 4.30. The molecule has 1 aliphatic carbocycles. The highest BCUT2D eigenvalue weighted by Crippen LogP contribution is 2.50. The number of pyridine rings is 1. The van der Waals surface area contributed by atoms with Crippen LogP contribution in [0.2, 0.25) is 0 Å². The minimum Gasteiger partial charge on any atom is -0.417 e. The molecule has 3 aromatic heterocycles. The number of benzene rings is 1. The van der Waals surface area contributed by atoms with Gasteiger partial charge in [0, 0.05) is 25.3 Å². The van der Waals surface area contributed by atoms with Crippen LogP contribution in [0.3, 0.4) is 0 Å². The Morgan fingerprint density at radius 1 is 1.06 bits per heavy atom. The number of rotatable bonds is 2. The van der Waals surface area contributed by atoms with E-state index in [1.54, 1.807) is 12.4 Å². The van der Waals surface area contributed by atoms with Crippen LogP contribution in [0.1, 0.15) is 41.3 Å². The van der Waals surface area contributed by atoms with E-state index in [1.807, 2.05) is 19.9 Å². The zero-order chi connectivity index (χ0) is 21.9. The molecule has 2 aliphatic rings. The molecule has 2 N–H and O–H groups in total. The molecule has 7 heteroatoms. The molecule has 7 nitrogen and oxygen atoms in total. The predicted octanol–water partition coefficient (Wildman–Crippen LogP) is 4.14. The first-order valence-corrected chi connectivity index (χ1v) is 11.2. The number of hydrogen-bond donors (Lipinski definition) is 1. The highest BCUT2D eigenvalue weighted by molar-refractivity contribution is 5.74. The van der Waals surface area contributed by atoms with Crippen molar-refractivity contribution in [3.8, 4) is 11.5 Å². The molecule has 6 rings (SSSR count). The van der Waals surface area contributed by atoms with Gasteiger partial charge in [0.25, 0.3) is 5.71 Å². The van der Waals surface area contributed by atoms with Crippen LogP contribution in [0.15, 0.2) is 47.1 Å². The van der Waals surface area contributed by atoms with Crippen LogP contribution < -0.4 is 10.6 Å². The summed E-state index contributed by atoms with van der Waals surface area (Å²) in [7, 11) is 0. The molecule has 1 aliphatic heterocycles. The Morgan fingerprint density at radius 2 is 1.88 bits per heavy atom. The highest BCUT2D eigenvalue weighted by Gasteiger charge is 2.46. The van der Waals surface area contributed by atoms with Crippen molar-refractivity contribution in [2.24, 2.45) is 11.1 Å². The number of oxazole rings is 1. The summed E-state index contributed by atoms with van der Waals surface area (Å²) < 4.78 is 6.05. The first-order chi connectivity index (χ1) is 15.5. The molecule has 0 unspecified atom stereocenters. The number of fused-ring (bicyclic) bond motifs is 2. The summed E-state index contributed by atoms with van der Waals surface area (Å²) in [5.74, 6) is 1.24. The van der Waals surface area contributed by atoms with E-state index in [-0.39, 0.29) is 11.5 Å². The van der Waals surface area contributed by atoms with Crippen molar-refractivity contribution < 1.29 is 4.42 Å². The topological polar surface area (TPSA) is 94.0 Å². The van der Waals surface area contributed by atoms with Gasteiger partial charge < -0.3 is 15.1 Å². The maximum Gasteiger partial charge on any atom is 0.252 e. The van der Waals surface area contributed by atoms with Gasteiger partial charge in [-0.15, -0.1) is 0 Å². The second-order valence-corrected chi connectivity index (χ2v) is 9.17. The molecule has 1 fully saturated rings. The number of hydrogen-bond acceptors (Lipinski definition) is 7.